The molecule has 2 heteroatoms. The van der Waals surface area contributed by atoms with E-state index in [0.717, 1.165) is 6.42 Å². The number of unbranched alkanes of at least 4 members (excludes halogenated alkanes) is 4. The minimum atomic E-state index is -0.420. The zero-order valence-electron chi connectivity index (χ0n) is 11.0. The van der Waals surface area contributed by atoms with Crippen molar-refractivity contribution >= 4 is 5.97 Å². The summed E-state index contributed by atoms with van der Waals surface area (Å²) in [5.41, 5.74) is 2.44. The monoisotopic (exact) mass is 224 g/mol. The second-order valence-electron chi connectivity index (χ2n) is 4.90. The number of ether oxygens (including phenoxy) is 1. The molecule has 0 N–H and O–H groups in total. The van der Waals surface area contributed by atoms with Crippen molar-refractivity contribution in [3.8, 4) is 0 Å². The van der Waals surface area contributed by atoms with Crippen molar-refractivity contribution in [2.45, 2.75) is 65.4 Å². The second-order valence-corrected chi connectivity index (χ2v) is 4.90. The average molecular weight is 224 g/mol. The first-order valence-corrected chi connectivity index (χ1v) is 6.09. The first kappa shape index (κ1) is 15.0. The first-order chi connectivity index (χ1) is 7.45. The zero-order chi connectivity index (χ0) is 12.4. The molecule has 0 heterocycles. The van der Waals surface area contributed by atoms with Gasteiger partial charge >= 0.3 is 5.97 Å². The van der Waals surface area contributed by atoms with E-state index < -0.39 is 5.60 Å². The van der Waals surface area contributed by atoms with Gasteiger partial charge in [-0.15, -0.1) is 5.73 Å². The molecular formula is C14H24O2. The molecule has 0 aliphatic carbocycles. The molecule has 0 aromatic heterocycles. The summed E-state index contributed by atoms with van der Waals surface area (Å²) in [4.78, 5) is 11.2. The lowest BCUT2D eigenvalue weighted by atomic mass is 10.1. The third-order valence-electron chi connectivity index (χ3n) is 1.93. The van der Waals surface area contributed by atoms with Gasteiger partial charge in [0.1, 0.15) is 5.60 Å². The number of hydrogen-bond acceptors (Lipinski definition) is 2. The lowest BCUT2D eigenvalue weighted by molar-refractivity contribution is -0.148. The molecule has 0 radical (unpaired) electrons. The number of rotatable bonds is 6. The molecule has 0 amide bonds. The van der Waals surface area contributed by atoms with Crippen LogP contribution >= 0.6 is 0 Å². The van der Waals surface area contributed by atoms with E-state index in [1.54, 1.807) is 0 Å². The van der Waals surface area contributed by atoms with Crippen molar-refractivity contribution in [2.24, 2.45) is 0 Å². The van der Waals surface area contributed by atoms with Crippen LogP contribution in [0.3, 0.4) is 0 Å². The predicted molar refractivity (Wildman–Crippen MR) is 67.3 cm³/mol. The van der Waals surface area contributed by atoms with Crippen molar-refractivity contribution in [2.75, 3.05) is 0 Å². The fourth-order valence-corrected chi connectivity index (χ4v) is 1.21. The quantitative estimate of drug-likeness (QED) is 0.295. The Balaban J connectivity index is 3.73. The Morgan fingerprint density at radius 3 is 2.50 bits per heavy atom. The normalized spacial score (nSPS) is 10.5. The van der Waals surface area contributed by atoms with Crippen LogP contribution in [0.4, 0.5) is 0 Å². The van der Waals surface area contributed by atoms with E-state index in [2.05, 4.69) is 12.7 Å². The molecule has 0 bridgehead atoms. The highest BCUT2D eigenvalue weighted by Crippen LogP contribution is 2.07. The maximum absolute atomic E-state index is 11.2. The van der Waals surface area contributed by atoms with Crippen LogP contribution < -0.4 is 0 Å². The molecule has 0 aliphatic heterocycles. The smallest absolute Gasteiger partial charge is 0.339 e. The van der Waals surface area contributed by atoms with Gasteiger partial charge in [0.15, 0.2) is 0 Å². The van der Waals surface area contributed by atoms with E-state index >= 15 is 0 Å². The van der Waals surface area contributed by atoms with Crippen LogP contribution in [0, 0.1) is 0 Å². The topological polar surface area (TPSA) is 26.3 Å². The van der Waals surface area contributed by atoms with Crippen LogP contribution in [0.5, 0.6) is 0 Å². The van der Waals surface area contributed by atoms with Gasteiger partial charge in [0.05, 0.1) is 6.08 Å². The summed E-state index contributed by atoms with van der Waals surface area (Å²) in [7, 11) is 0. The lowest BCUT2D eigenvalue weighted by Crippen LogP contribution is -2.22. The van der Waals surface area contributed by atoms with Gasteiger partial charge in [-0.1, -0.05) is 26.2 Å². The van der Waals surface area contributed by atoms with Gasteiger partial charge in [-0.2, -0.15) is 0 Å². The van der Waals surface area contributed by atoms with Crippen LogP contribution in [0.1, 0.15) is 59.8 Å². The minimum Gasteiger partial charge on any atom is -0.456 e. The van der Waals surface area contributed by atoms with Crippen molar-refractivity contribution in [1.29, 1.82) is 0 Å². The minimum absolute atomic E-state index is 0.322. The van der Waals surface area contributed by atoms with Gasteiger partial charge in [0.25, 0.3) is 0 Å². The van der Waals surface area contributed by atoms with Crippen LogP contribution in [-0.2, 0) is 9.53 Å². The van der Waals surface area contributed by atoms with Crippen molar-refractivity contribution in [3.05, 3.63) is 17.9 Å². The molecule has 0 unspecified atom stereocenters. The third kappa shape index (κ3) is 11.1. The molecule has 0 aliphatic rings. The van der Waals surface area contributed by atoms with E-state index in [1.807, 2.05) is 26.8 Å². The Labute approximate surface area is 99.4 Å². The van der Waals surface area contributed by atoms with Crippen molar-refractivity contribution < 1.29 is 9.53 Å². The third-order valence-corrected chi connectivity index (χ3v) is 1.93. The molecule has 92 valence electrons. The van der Waals surface area contributed by atoms with E-state index in [0.29, 0.717) is 0 Å². The van der Waals surface area contributed by atoms with E-state index in [9.17, 15) is 4.79 Å². The number of hydrogen-bond donors (Lipinski definition) is 0. The van der Waals surface area contributed by atoms with Crippen LogP contribution in [0.2, 0.25) is 0 Å². The molecule has 0 rings (SSSR count). The Morgan fingerprint density at radius 2 is 1.94 bits per heavy atom. The van der Waals surface area contributed by atoms with Crippen LogP contribution in [0.25, 0.3) is 0 Å². The predicted octanol–water partition coefficient (Wildman–Crippen LogP) is 4.01. The Bertz CT molecular complexity index is 252. The average Bonchev–Trinajstić information content (AvgIpc) is 2.13. The summed E-state index contributed by atoms with van der Waals surface area (Å²) in [5.74, 6) is -0.322. The highest BCUT2D eigenvalue weighted by Gasteiger charge is 2.13. The summed E-state index contributed by atoms with van der Waals surface area (Å²) in [6.07, 6.45) is 9.20. The first-order valence-electron chi connectivity index (χ1n) is 6.09. The van der Waals surface area contributed by atoms with Gasteiger partial charge in [-0.05, 0) is 39.7 Å². The maximum atomic E-state index is 11.2. The van der Waals surface area contributed by atoms with E-state index in [-0.39, 0.29) is 5.97 Å². The molecule has 0 saturated heterocycles. The summed E-state index contributed by atoms with van der Waals surface area (Å²) in [6.45, 7) is 7.76. The standard InChI is InChI=1S/C14H24O2/c1-5-6-7-8-9-10-11-12-13(15)16-14(2,3)4/h10,12H,5-9H2,1-4H3. The summed E-state index contributed by atoms with van der Waals surface area (Å²) >= 11 is 0. The molecule has 0 aromatic rings. The molecule has 2 nitrogen and oxygen atoms in total. The largest absolute Gasteiger partial charge is 0.456 e. The highest BCUT2D eigenvalue weighted by molar-refractivity contribution is 5.82. The molecule has 16 heavy (non-hydrogen) atoms. The van der Waals surface area contributed by atoms with E-state index in [4.69, 9.17) is 4.74 Å². The van der Waals surface area contributed by atoms with Crippen LogP contribution in [-0.4, -0.2) is 11.6 Å². The van der Waals surface area contributed by atoms with Gasteiger partial charge in [0.2, 0.25) is 0 Å². The Hall–Kier alpha value is -1.01. The fraction of sp³-hybridized carbons (Fsp3) is 0.714. The lowest BCUT2D eigenvalue weighted by Gasteiger charge is -2.17. The molecule has 0 spiro atoms. The van der Waals surface area contributed by atoms with Gasteiger partial charge < -0.3 is 4.74 Å². The highest BCUT2D eigenvalue weighted by atomic mass is 16.6. The Kier molecular flexibility index (Phi) is 7.66. The Morgan fingerprint density at radius 1 is 1.25 bits per heavy atom. The fourth-order valence-electron chi connectivity index (χ4n) is 1.21. The summed E-state index contributed by atoms with van der Waals surface area (Å²) in [6, 6.07) is 0. The zero-order valence-corrected chi connectivity index (χ0v) is 11.0. The van der Waals surface area contributed by atoms with Crippen molar-refractivity contribution in [1.82, 2.24) is 0 Å². The van der Waals surface area contributed by atoms with Gasteiger partial charge in [-0.3, -0.25) is 0 Å². The molecule has 0 fully saturated rings. The SMILES string of the molecule is CCCCCCC=C=CC(=O)OC(C)(C)C. The summed E-state index contributed by atoms with van der Waals surface area (Å²) < 4.78 is 5.11. The number of carbonyl (C=O) groups is 1. The van der Waals surface area contributed by atoms with Gasteiger partial charge in [-0.25, -0.2) is 4.79 Å². The molecular weight excluding hydrogens is 200 g/mol. The number of esters is 1. The summed E-state index contributed by atoms with van der Waals surface area (Å²) in [5, 5.41) is 0. The van der Waals surface area contributed by atoms with Crippen LogP contribution in [0.15, 0.2) is 17.9 Å². The van der Waals surface area contributed by atoms with Gasteiger partial charge in [0, 0.05) is 0 Å². The molecule has 0 saturated carbocycles. The molecule has 0 aromatic carbocycles. The van der Waals surface area contributed by atoms with E-state index in [1.165, 1.54) is 31.8 Å². The maximum Gasteiger partial charge on any atom is 0.339 e. The molecule has 0 atom stereocenters. The number of carbonyl (C=O) groups excluding carboxylic acids is 1. The van der Waals surface area contributed by atoms with Crippen molar-refractivity contribution in [3.63, 3.8) is 0 Å². The second kappa shape index (κ2) is 8.18.